The molecule has 1 aliphatic heterocycles. The third kappa shape index (κ3) is 9.29. The van der Waals surface area contributed by atoms with Gasteiger partial charge in [0.15, 0.2) is 0 Å². The average Bonchev–Trinajstić information content (AvgIpc) is 2.66. The van der Waals surface area contributed by atoms with Crippen molar-refractivity contribution >= 4 is 0 Å². The normalized spacial score (nSPS) is 20.3. The summed E-state index contributed by atoms with van der Waals surface area (Å²) in [6, 6.07) is 0.689. The fourth-order valence-corrected chi connectivity index (χ4v) is 5.31. The van der Waals surface area contributed by atoms with E-state index in [2.05, 4.69) is 49.8 Å². The monoisotopic (exact) mass is 418 g/mol. The van der Waals surface area contributed by atoms with Crippen LogP contribution in [0.4, 0.5) is 0 Å². The fourth-order valence-electron chi connectivity index (χ4n) is 5.31. The third-order valence-electron chi connectivity index (χ3n) is 6.99. The number of ether oxygens (including phenoxy) is 1. The Bertz CT molecular complexity index is 495. The molecule has 0 aromatic heterocycles. The van der Waals surface area contributed by atoms with E-state index in [-0.39, 0.29) is 0 Å². The lowest BCUT2D eigenvalue weighted by molar-refractivity contribution is -0.146. The van der Waals surface area contributed by atoms with Crippen LogP contribution in [0.5, 0.6) is 0 Å². The standard InChI is InChI=1S/C27H50N2O/c1-5-8-9-10-11-16-25(14-7-3)28-17-19-30-26-20-27(21-26)22-29(23-27)18-12-15-24(4)13-6-2/h24-26,28H,5-11,13-14,16-23H2,1-4H3. The van der Waals surface area contributed by atoms with Crippen molar-refractivity contribution < 1.29 is 4.74 Å². The summed E-state index contributed by atoms with van der Waals surface area (Å²) in [5, 5.41) is 3.76. The van der Waals surface area contributed by atoms with Crippen LogP contribution >= 0.6 is 0 Å². The van der Waals surface area contributed by atoms with Gasteiger partial charge in [0.2, 0.25) is 0 Å². The fraction of sp³-hybridized carbons (Fsp3) is 0.926. The van der Waals surface area contributed by atoms with Gasteiger partial charge in [-0.05, 0) is 32.1 Å². The third-order valence-corrected chi connectivity index (χ3v) is 6.99. The maximum Gasteiger partial charge on any atom is 0.0602 e. The molecule has 30 heavy (non-hydrogen) atoms. The maximum atomic E-state index is 6.16. The molecule has 1 heterocycles. The van der Waals surface area contributed by atoms with Crippen LogP contribution in [0, 0.1) is 23.2 Å². The second kappa shape index (κ2) is 14.5. The number of likely N-dealkylation sites (tertiary alicyclic amines) is 1. The first-order valence-corrected chi connectivity index (χ1v) is 13.2. The summed E-state index contributed by atoms with van der Waals surface area (Å²) in [7, 11) is 0. The highest BCUT2D eigenvalue weighted by Gasteiger charge is 2.52. The SMILES string of the molecule is CCCCCCCC(CCC)NCCOC1CC2(C1)CN(CC#CC(C)CCC)C2. The summed E-state index contributed by atoms with van der Waals surface area (Å²) in [4.78, 5) is 2.51. The quantitative estimate of drug-likeness (QED) is 0.245. The van der Waals surface area contributed by atoms with Crippen molar-refractivity contribution in [2.45, 2.75) is 117 Å². The van der Waals surface area contributed by atoms with Crippen LogP contribution in [0.2, 0.25) is 0 Å². The first-order valence-electron chi connectivity index (χ1n) is 13.2. The number of nitrogens with one attached hydrogen (secondary N) is 1. The van der Waals surface area contributed by atoms with E-state index in [1.807, 2.05) is 0 Å². The van der Waals surface area contributed by atoms with Crippen molar-refractivity contribution in [3.05, 3.63) is 0 Å². The van der Waals surface area contributed by atoms with Crippen molar-refractivity contribution in [2.24, 2.45) is 11.3 Å². The molecule has 0 aromatic carbocycles. The van der Waals surface area contributed by atoms with Crippen LogP contribution in [-0.4, -0.2) is 49.8 Å². The number of rotatable bonds is 16. The molecule has 1 N–H and O–H groups in total. The van der Waals surface area contributed by atoms with Crippen LogP contribution in [0.25, 0.3) is 0 Å². The average molecular weight is 419 g/mol. The molecule has 174 valence electrons. The Kier molecular flexibility index (Phi) is 12.4. The molecule has 1 spiro atoms. The number of hydrogen-bond donors (Lipinski definition) is 1. The number of nitrogens with zero attached hydrogens (tertiary/aromatic N) is 1. The lowest BCUT2D eigenvalue weighted by Crippen LogP contribution is -2.64. The Morgan fingerprint density at radius 1 is 0.967 bits per heavy atom. The van der Waals surface area contributed by atoms with Crippen molar-refractivity contribution in [3.63, 3.8) is 0 Å². The summed E-state index contributed by atoms with van der Waals surface area (Å²) in [6.45, 7) is 14.4. The molecule has 0 amide bonds. The van der Waals surface area contributed by atoms with Gasteiger partial charge in [0.05, 0.1) is 19.3 Å². The Labute approximate surface area is 188 Å². The van der Waals surface area contributed by atoms with E-state index in [1.165, 1.54) is 90.1 Å². The van der Waals surface area contributed by atoms with E-state index in [0.29, 0.717) is 23.5 Å². The highest BCUT2D eigenvalue weighted by Crippen LogP contribution is 2.49. The number of hydrogen-bond acceptors (Lipinski definition) is 3. The summed E-state index contributed by atoms with van der Waals surface area (Å²) in [6.07, 6.45) is 16.3. The van der Waals surface area contributed by atoms with E-state index in [1.54, 1.807) is 0 Å². The van der Waals surface area contributed by atoms with Gasteiger partial charge in [0, 0.05) is 37.0 Å². The zero-order valence-electron chi connectivity index (χ0n) is 20.6. The maximum absolute atomic E-state index is 6.16. The molecular formula is C27H50N2O. The topological polar surface area (TPSA) is 24.5 Å². The second-order valence-electron chi connectivity index (χ2n) is 10.2. The first-order chi connectivity index (χ1) is 14.6. The first kappa shape index (κ1) is 25.7. The number of unbranched alkanes of at least 4 members (excludes halogenated alkanes) is 4. The highest BCUT2D eigenvalue weighted by molar-refractivity contribution is 5.10. The molecule has 2 atom stereocenters. The van der Waals surface area contributed by atoms with Crippen molar-refractivity contribution in [1.29, 1.82) is 0 Å². The lowest BCUT2D eigenvalue weighted by Gasteiger charge is -2.58. The van der Waals surface area contributed by atoms with E-state index < -0.39 is 0 Å². The van der Waals surface area contributed by atoms with Crippen molar-refractivity contribution in [3.8, 4) is 11.8 Å². The summed E-state index contributed by atoms with van der Waals surface area (Å²) in [5.41, 5.74) is 0.568. The predicted molar refractivity (Wildman–Crippen MR) is 130 cm³/mol. The molecule has 2 rings (SSSR count). The van der Waals surface area contributed by atoms with Gasteiger partial charge < -0.3 is 10.1 Å². The van der Waals surface area contributed by atoms with Gasteiger partial charge in [-0.15, -0.1) is 0 Å². The highest BCUT2D eigenvalue weighted by atomic mass is 16.5. The van der Waals surface area contributed by atoms with Crippen molar-refractivity contribution in [2.75, 3.05) is 32.8 Å². The summed E-state index contributed by atoms with van der Waals surface area (Å²) >= 11 is 0. The largest absolute Gasteiger partial charge is 0.377 e. The van der Waals surface area contributed by atoms with Gasteiger partial charge >= 0.3 is 0 Å². The van der Waals surface area contributed by atoms with Gasteiger partial charge in [-0.1, -0.05) is 84.5 Å². The predicted octanol–water partition coefficient (Wildman–Crippen LogP) is 6.03. The van der Waals surface area contributed by atoms with E-state index in [9.17, 15) is 0 Å². The Balaban J connectivity index is 1.48. The Morgan fingerprint density at radius 3 is 2.40 bits per heavy atom. The molecule has 1 saturated heterocycles. The van der Waals surface area contributed by atoms with E-state index >= 15 is 0 Å². The molecule has 3 nitrogen and oxygen atoms in total. The molecule has 2 fully saturated rings. The summed E-state index contributed by atoms with van der Waals surface area (Å²) in [5.74, 6) is 7.35. The zero-order chi connectivity index (χ0) is 21.7. The van der Waals surface area contributed by atoms with Crippen LogP contribution in [-0.2, 0) is 4.74 Å². The van der Waals surface area contributed by atoms with Crippen LogP contribution in [0.15, 0.2) is 0 Å². The minimum absolute atomic E-state index is 0.503. The smallest absolute Gasteiger partial charge is 0.0602 e. The molecule has 0 aromatic rings. The molecule has 3 heteroatoms. The molecule has 0 radical (unpaired) electrons. The minimum Gasteiger partial charge on any atom is -0.377 e. The molecule has 1 aliphatic carbocycles. The molecule has 0 bridgehead atoms. The van der Waals surface area contributed by atoms with Crippen LogP contribution in [0.3, 0.4) is 0 Å². The van der Waals surface area contributed by atoms with Gasteiger partial charge in [-0.3, -0.25) is 4.90 Å². The summed E-state index contributed by atoms with van der Waals surface area (Å²) < 4.78 is 6.16. The molecule has 2 aliphatic rings. The lowest BCUT2D eigenvalue weighted by atomic mass is 9.62. The van der Waals surface area contributed by atoms with Crippen LogP contribution in [0.1, 0.15) is 105 Å². The molecule has 1 saturated carbocycles. The van der Waals surface area contributed by atoms with E-state index in [4.69, 9.17) is 4.74 Å². The van der Waals surface area contributed by atoms with Gasteiger partial charge in [-0.25, -0.2) is 0 Å². The molecular weight excluding hydrogens is 368 g/mol. The van der Waals surface area contributed by atoms with E-state index in [0.717, 1.165) is 19.7 Å². The zero-order valence-corrected chi connectivity index (χ0v) is 20.6. The van der Waals surface area contributed by atoms with Gasteiger partial charge in [0.25, 0.3) is 0 Å². The second-order valence-corrected chi connectivity index (χ2v) is 10.2. The Morgan fingerprint density at radius 2 is 1.70 bits per heavy atom. The Hall–Kier alpha value is -0.560. The van der Waals surface area contributed by atoms with Gasteiger partial charge in [-0.2, -0.15) is 0 Å². The van der Waals surface area contributed by atoms with Crippen molar-refractivity contribution in [1.82, 2.24) is 10.2 Å². The van der Waals surface area contributed by atoms with Gasteiger partial charge in [0.1, 0.15) is 0 Å². The molecule has 2 unspecified atom stereocenters. The minimum atomic E-state index is 0.503. The van der Waals surface area contributed by atoms with Crippen LogP contribution < -0.4 is 5.32 Å².